The first-order valence-corrected chi connectivity index (χ1v) is 5.85. The summed E-state index contributed by atoms with van der Waals surface area (Å²) in [6.07, 6.45) is 3.11. The molecule has 0 amide bonds. The van der Waals surface area contributed by atoms with Gasteiger partial charge in [-0.15, -0.1) is 17.1 Å². The minimum absolute atomic E-state index is 0.00940. The molecule has 0 aliphatic carbocycles. The number of fused-ring (bicyclic) bond motifs is 3. The Kier molecular flexibility index (Phi) is 2.28. The van der Waals surface area contributed by atoms with Gasteiger partial charge >= 0.3 is 0 Å². The quantitative estimate of drug-likeness (QED) is 0.332. The van der Waals surface area contributed by atoms with E-state index in [1.165, 1.54) is 5.70 Å². The summed E-state index contributed by atoms with van der Waals surface area (Å²) in [6.45, 7) is 3.12. The number of piperazine rings is 1. The fourth-order valence-corrected chi connectivity index (χ4v) is 3.00. The monoisotopic (exact) mass is 229 g/mol. The SMILES string of the molecule is CC1NC2C(Cl)NCCC2N2NNC=C12. The molecule has 3 aliphatic rings. The molecule has 4 atom stereocenters. The second-order valence-electron chi connectivity index (χ2n) is 4.32. The molecule has 0 spiro atoms. The molecule has 0 saturated carbocycles. The van der Waals surface area contributed by atoms with Crippen LogP contribution < -0.4 is 21.6 Å². The molecule has 3 rings (SSSR count). The highest BCUT2D eigenvalue weighted by Gasteiger charge is 2.43. The third kappa shape index (κ3) is 1.42. The van der Waals surface area contributed by atoms with E-state index in [0.29, 0.717) is 18.1 Å². The van der Waals surface area contributed by atoms with Crippen LogP contribution in [0.4, 0.5) is 0 Å². The molecule has 6 heteroatoms. The molecule has 0 aromatic rings. The van der Waals surface area contributed by atoms with Crippen LogP contribution in [0, 0.1) is 0 Å². The standard InChI is InChI=1S/C9H16ClN5/c1-5-7-4-12-14-15(7)6-2-3-11-9(10)8(6)13-5/h4-6,8-9,11-14H,2-3H2,1H3. The fraction of sp³-hybridized carbons (Fsp3) is 0.778. The van der Waals surface area contributed by atoms with E-state index < -0.39 is 0 Å². The van der Waals surface area contributed by atoms with Crippen molar-refractivity contribution < 1.29 is 0 Å². The lowest BCUT2D eigenvalue weighted by atomic mass is 9.94. The predicted molar refractivity (Wildman–Crippen MR) is 58.6 cm³/mol. The highest BCUT2D eigenvalue weighted by molar-refractivity contribution is 6.21. The summed E-state index contributed by atoms with van der Waals surface area (Å²) >= 11 is 6.28. The van der Waals surface area contributed by atoms with Gasteiger partial charge in [0.1, 0.15) is 5.50 Å². The number of alkyl halides is 1. The summed E-state index contributed by atoms with van der Waals surface area (Å²) in [5, 5.41) is 9.06. The van der Waals surface area contributed by atoms with Crippen LogP contribution in [0.1, 0.15) is 13.3 Å². The van der Waals surface area contributed by atoms with E-state index in [4.69, 9.17) is 11.6 Å². The smallest absolute Gasteiger partial charge is 0.100 e. The molecule has 2 fully saturated rings. The molecule has 3 aliphatic heterocycles. The number of hydrogen-bond donors (Lipinski definition) is 4. The van der Waals surface area contributed by atoms with Crippen LogP contribution in [0.25, 0.3) is 0 Å². The summed E-state index contributed by atoms with van der Waals surface area (Å²) in [7, 11) is 0. The lowest BCUT2D eigenvalue weighted by Crippen LogP contribution is -2.69. The van der Waals surface area contributed by atoms with E-state index in [0.717, 1.165) is 13.0 Å². The molecule has 0 bridgehead atoms. The van der Waals surface area contributed by atoms with Crippen molar-refractivity contribution >= 4 is 11.6 Å². The summed E-state index contributed by atoms with van der Waals surface area (Å²) < 4.78 is 0. The Morgan fingerprint density at radius 3 is 3.27 bits per heavy atom. The Balaban J connectivity index is 1.87. The normalized spacial score (nSPS) is 44.1. The zero-order chi connectivity index (χ0) is 10.4. The molecule has 0 aromatic carbocycles. The van der Waals surface area contributed by atoms with Crippen LogP contribution in [-0.4, -0.2) is 35.2 Å². The van der Waals surface area contributed by atoms with Crippen molar-refractivity contribution in [3.05, 3.63) is 11.9 Å². The Morgan fingerprint density at radius 2 is 2.40 bits per heavy atom. The Hall–Kier alpha value is -0.490. The van der Waals surface area contributed by atoms with Gasteiger partial charge in [0.2, 0.25) is 0 Å². The molecule has 15 heavy (non-hydrogen) atoms. The van der Waals surface area contributed by atoms with E-state index in [-0.39, 0.29) is 5.50 Å². The van der Waals surface area contributed by atoms with Crippen molar-refractivity contribution in [2.24, 2.45) is 0 Å². The molecule has 84 valence electrons. The van der Waals surface area contributed by atoms with Gasteiger partial charge in [-0.2, -0.15) is 0 Å². The van der Waals surface area contributed by atoms with E-state index in [2.05, 4.69) is 33.5 Å². The van der Waals surface area contributed by atoms with Gasteiger partial charge < -0.3 is 10.7 Å². The van der Waals surface area contributed by atoms with E-state index in [1.54, 1.807) is 0 Å². The molecule has 4 N–H and O–H groups in total. The first-order valence-electron chi connectivity index (χ1n) is 5.41. The highest BCUT2D eigenvalue weighted by Crippen LogP contribution is 2.28. The lowest BCUT2D eigenvalue weighted by molar-refractivity contribution is 0.0695. The molecule has 5 nitrogen and oxygen atoms in total. The number of halogens is 1. The van der Waals surface area contributed by atoms with Crippen LogP contribution in [0.15, 0.2) is 11.9 Å². The Bertz CT molecular complexity index is 294. The minimum atomic E-state index is 0.00940. The van der Waals surface area contributed by atoms with Gasteiger partial charge in [-0.25, -0.2) is 0 Å². The largest absolute Gasteiger partial charge is 0.309 e. The Morgan fingerprint density at radius 1 is 1.53 bits per heavy atom. The first-order chi connectivity index (χ1) is 7.27. The Labute approximate surface area is 94.2 Å². The van der Waals surface area contributed by atoms with Gasteiger partial charge in [0.25, 0.3) is 0 Å². The second-order valence-corrected chi connectivity index (χ2v) is 4.79. The molecule has 4 unspecified atom stereocenters. The van der Waals surface area contributed by atoms with Crippen molar-refractivity contribution in [2.75, 3.05) is 6.54 Å². The van der Waals surface area contributed by atoms with Gasteiger partial charge in [-0.05, 0) is 19.9 Å². The number of rotatable bonds is 0. The van der Waals surface area contributed by atoms with Crippen LogP contribution in [0.3, 0.4) is 0 Å². The van der Waals surface area contributed by atoms with E-state index in [1.807, 2.05) is 6.20 Å². The maximum absolute atomic E-state index is 6.28. The first kappa shape index (κ1) is 9.72. The average Bonchev–Trinajstić information content (AvgIpc) is 2.69. The molecular formula is C9H16ClN5. The predicted octanol–water partition coefficient (Wildman–Crippen LogP) is -0.560. The van der Waals surface area contributed by atoms with Gasteiger partial charge in [0.15, 0.2) is 0 Å². The zero-order valence-electron chi connectivity index (χ0n) is 8.63. The maximum atomic E-state index is 6.28. The summed E-state index contributed by atoms with van der Waals surface area (Å²) in [4.78, 5) is 0. The maximum Gasteiger partial charge on any atom is 0.100 e. The molecule has 0 aromatic heterocycles. The summed E-state index contributed by atoms with van der Waals surface area (Å²) in [5.41, 5.74) is 7.50. The average molecular weight is 230 g/mol. The third-order valence-corrected chi connectivity index (χ3v) is 3.84. The van der Waals surface area contributed by atoms with Crippen molar-refractivity contribution in [3.63, 3.8) is 0 Å². The molecule has 3 heterocycles. The van der Waals surface area contributed by atoms with E-state index >= 15 is 0 Å². The van der Waals surface area contributed by atoms with Crippen molar-refractivity contribution in [3.8, 4) is 0 Å². The van der Waals surface area contributed by atoms with Crippen LogP contribution in [-0.2, 0) is 0 Å². The third-order valence-electron chi connectivity index (χ3n) is 3.41. The van der Waals surface area contributed by atoms with Gasteiger partial charge in [-0.1, -0.05) is 0 Å². The van der Waals surface area contributed by atoms with Gasteiger partial charge in [-0.3, -0.25) is 10.3 Å². The molecule has 0 radical (unpaired) electrons. The van der Waals surface area contributed by atoms with E-state index in [9.17, 15) is 0 Å². The van der Waals surface area contributed by atoms with Crippen LogP contribution in [0.2, 0.25) is 0 Å². The van der Waals surface area contributed by atoms with Crippen molar-refractivity contribution in [2.45, 2.75) is 37.0 Å². The van der Waals surface area contributed by atoms with Gasteiger partial charge in [0.05, 0.1) is 17.8 Å². The van der Waals surface area contributed by atoms with Gasteiger partial charge in [0, 0.05) is 12.2 Å². The number of piperidine rings is 1. The summed E-state index contributed by atoms with van der Waals surface area (Å²) in [5.74, 6) is 0. The number of hydrogen-bond acceptors (Lipinski definition) is 5. The zero-order valence-corrected chi connectivity index (χ0v) is 9.38. The van der Waals surface area contributed by atoms with Crippen LogP contribution >= 0.6 is 11.6 Å². The summed E-state index contributed by atoms with van der Waals surface area (Å²) in [6, 6.07) is 1.04. The van der Waals surface area contributed by atoms with Crippen LogP contribution in [0.5, 0.6) is 0 Å². The second kappa shape index (κ2) is 3.52. The van der Waals surface area contributed by atoms with Crippen molar-refractivity contribution in [1.29, 1.82) is 0 Å². The number of hydrazine groups is 2. The highest BCUT2D eigenvalue weighted by atomic mass is 35.5. The topological polar surface area (TPSA) is 51.4 Å². The molecular weight excluding hydrogens is 214 g/mol. The number of nitrogens with zero attached hydrogens (tertiary/aromatic N) is 1. The minimum Gasteiger partial charge on any atom is -0.309 e. The number of nitrogens with one attached hydrogen (secondary N) is 4. The molecule has 2 saturated heterocycles. The van der Waals surface area contributed by atoms with Crippen molar-refractivity contribution in [1.82, 2.24) is 26.6 Å². The lowest BCUT2D eigenvalue weighted by Gasteiger charge is -2.48. The fourth-order valence-electron chi connectivity index (χ4n) is 2.65.